The van der Waals surface area contributed by atoms with E-state index in [1.165, 1.54) is 0 Å². The Balaban J connectivity index is 2.33. The monoisotopic (exact) mass is 330 g/mol. The van der Waals surface area contributed by atoms with Crippen molar-refractivity contribution in [1.82, 2.24) is 0 Å². The van der Waals surface area contributed by atoms with E-state index in [1.807, 2.05) is 0 Å². The molecule has 0 radical (unpaired) electrons. The van der Waals surface area contributed by atoms with Gasteiger partial charge < -0.3 is 9.84 Å². The molecule has 0 amide bonds. The molecule has 0 saturated carbocycles. The Morgan fingerprint density at radius 2 is 2.10 bits per heavy atom. The first-order chi connectivity index (χ1) is 9.81. The number of Topliss-reactive ketones (excluding diaryl/α,β-unsaturated/α-hetero) is 1. The number of halogens is 2. The van der Waals surface area contributed by atoms with Gasteiger partial charge in [0.1, 0.15) is 10.8 Å². The number of fused-ring (bicyclic) bond motifs is 1. The van der Waals surface area contributed by atoms with Crippen molar-refractivity contribution in [1.29, 1.82) is 0 Å². The van der Waals surface area contributed by atoms with Gasteiger partial charge in [0.05, 0.1) is 5.02 Å². The van der Waals surface area contributed by atoms with E-state index < -0.39 is 12.6 Å². The van der Waals surface area contributed by atoms with Crippen molar-refractivity contribution >= 4 is 35.0 Å². The maximum Gasteiger partial charge on any atom is 0.341 e. The van der Waals surface area contributed by atoms with Gasteiger partial charge in [-0.25, -0.2) is 4.79 Å². The standard InChI is InChI=1S/C15H16Cl2O4/c1-7(2)3-9-4-8-5-10(21-6-11(18)19)13(16)14(17)12(8)15(9)20/h5,7,9H,3-4,6H2,1-2H3,(H,18,19). The summed E-state index contributed by atoms with van der Waals surface area (Å²) in [5.74, 6) is -0.568. The average Bonchev–Trinajstić information content (AvgIpc) is 2.68. The molecule has 0 spiro atoms. The van der Waals surface area contributed by atoms with Crippen LogP contribution in [0.15, 0.2) is 6.07 Å². The molecular weight excluding hydrogens is 315 g/mol. The molecule has 0 bridgehead atoms. The molecule has 4 nitrogen and oxygen atoms in total. The lowest BCUT2D eigenvalue weighted by Gasteiger charge is -2.10. The maximum absolute atomic E-state index is 12.4. The number of aliphatic carboxylic acids is 1. The second-order valence-electron chi connectivity index (χ2n) is 5.61. The Labute approximate surface area is 133 Å². The SMILES string of the molecule is CC(C)CC1Cc2cc(OCC(=O)O)c(Cl)c(Cl)c2C1=O. The Bertz CT molecular complexity index is 596. The van der Waals surface area contributed by atoms with Gasteiger partial charge in [-0.3, -0.25) is 4.79 Å². The molecule has 1 aromatic carbocycles. The van der Waals surface area contributed by atoms with E-state index in [2.05, 4.69) is 13.8 Å². The fraction of sp³-hybridized carbons (Fsp3) is 0.467. The highest BCUT2D eigenvalue weighted by atomic mass is 35.5. The quantitative estimate of drug-likeness (QED) is 0.890. The van der Waals surface area contributed by atoms with Gasteiger partial charge in [-0.2, -0.15) is 0 Å². The van der Waals surface area contributed by atoms with Crippen LogP contribution in [0.2, 0.25) is 10.0 Å². The Morgan fingerprint density at radius 1 is 1.43 bits per heavy atom. The number of carbonyl (C=O) groups is 2. The lowest BCUT2D eigenvalue weighted by molar-refractivity contribution is -0.139. The van der Waals surface area contributed by atoms with Crippen molar-refractivity contribution in [3.05, 3.63) is 27.2 Å². The number of ether oxygens (including phenoxy) is 1. The van der Waals surface area contributed by atoms with Gasteiger partial charge in [0.25, 0.3) is 0 Å². The molecule has 6 heteroatoms. The zero-order valence-corrected chi connectivity index (χ0v) is 13.3. The summed E-state index contributed by atoms with van der Waals surface area (Å²) in [6.45, 7) is 3.62. The summed E-state index contributed by atoms with van der Waals surface area (Å²) in [5, 5.41) is 8.91. The van der Waals surface area contributed by atoms with Gasteiger partial charge >= 0.3 is 5.97 Å². The molecule has 21 heavy (non-hydrogen) atoms. The summed E-state index contributed by atoms with van der Waals surface area (Å²) in [6.07, 6.45) is 1.37. The summed E-state index contributed by atoms with van der Waals surface area (Å²) in [7, 11) is 0. The van der Waals surface area contributed by atoms with Crippen LogP contribution in [0.4, 0.5) is 0 Å². The minimum atomic E-state index is -1.10. The smallest absolute Gasteiger partial charge is 0.341 e. The van der Waals surface area contributed by atoms with Crippen molar-refractivity contribution in [3.63, 3.8) is 0 Å². The normalized spacial score (nSPS) is 17.2. The van der Waals surface area contributed by atoms with E-state index >= 15 is 0 Å². The van der Waals surface area contributed by atoms with Gasteiger partial charge in [0.15, 0.2) is 12.4 Å². The van der Waals surface area contributed by atoms with Gasteiger partial charge in [0, 0.05) is 11.5 Å². The van der Waals surface area contributed by atoms with E-state index in [-0.39, 0.29) is 27.5 Å². The predicted molar refractivity (Wildman–Crippen MR) is 80.6 cm³/mol. The first kappa shape index (κ1) is 16.1. The first-order valence-corrected chi connectivity index (χ1v) is 7.46. The second kappa shape index (κ2) is 6.24. The highest BCUT2D eigenvalue weighted by Gasteiger charge is 2.34. The topological polar surface area (TPSA) is 63.6 Å². The summed E-state index contributed by atoms with van der Waals surface area (Å²) in [6, 6.07) is 1.63. The Hall–Kier alpha value is -1.26. The van der Waals surface area contributed by atoms with Crippen molar-refractivity contribution in [2.75, 3.05) is 6.61 Å². The third-order valence-electron chi connectivity index (χ3n) is 3.45. The molecule has 2 rings (SSSR count). The zero-order valence-electron chi connectivity index (χ0n) is 11.8. The van der Waals surface area contributed by atoms with Gasteiger partial charge in [-0.15, -0.1) is 0 Å². The van der Waals surface area contributed by atoms with Gasteiger partial charge in [0.2, 0.25) is 0 Å². The molecule has 0 fully saturated rings. The van der Waals surface area contributed by atoms with Crippen molar-refractivity contribution in [2.24, 2.45) is 11.8 Å². The molecule has 0 aromatic heterocycles. The molecule has 1 aliphatic rings. The van der Waals surface area contributed by atoms with Crippen LogP contribution >= 0.6 is 23.2 Å². The van der Waals surface area contributed by atoms with Crippen LogP contribution in [0.1, 0.15) is 36.2 Å². The number of hydrogen-bond donors (Lipinski definition) is 1. The third kappa shape index (κ3) is 3.33. The van der Waals surface area contributed by atoms with Crippen LogP contribution in [-0.4, -0.2) is 23.5 Å². The largest absolute Gasteiger partial charge is 0.480 e. The summed E-state index contributed by atoms with van der Waals surface area (Å²) in [4.78, 5) is 23.0. The number of hydrogen-bond acceptors (Lipinski definition) is 3. The van der Waals surface area contributed by atoms with Gasteiger partial charge in [-0.05, 0) is 30.4 Å². The molecule has 1 unspecified atom stereocenters. The zero-order chi connectivity index (χ0) is 15.7. The summed E-state index contributed by atoms with van der Waals surface area (Å²) < 4.78 is 5.13. The highest BCUT2D eigenvalue weighted by Crippen LogP contribution is 2.43. The third-order valence-corrected chi connectivity index (χ3v) is 4.30. The van der Waals surface area contributed by atoms with E-state index in [9.17, 15) is 9.59 Å². The number of rotatable bonds is 5. The number of benzene rings is 1. The van der Waals surface area contributed by atoms with E-state index in [4.69, 9.17) is 33.0 Å². The van der Waals surface area contributed by atoms with Crippen LogP contribution in [-0.2, 0) is 11.2 Å². The number of carboxylic acid groups (broad SMARTS) is 1. The van der Waals surface area contributed by atoms with Crippen LogP contribution in [0, 0.1) is 11.8 Å². The van der Waals surface area contributed by atoms with E-state index in [0.717, 1.165) is 12.0 Å². The van der Waals surface area contributed by atoms with Crippen molar-refractivity contribution in [3.8, 4) is 5.75 Å². The molecule has 1 N–H and O–H groups in total. The maximum atomic E-state index is 12.4. The van der Waals surface area contributed by atoms with Crippen LogP contribution < -0.4 is 4.74 Å². The number of carbonyl (C=O) groups excluding carboxylic acids is 1. The number of ketones is 1. The van der Waals surface area contributed by atoms with Crippen LogP contribution in [0.5, 0.6) is 5.75 Å². The van der Waals surface area contributed by atoms with E-state index in [0.29, 0.717) is 17.9 Å². The lowest BCUT2D eigenvalue weighted by Crippen LogP contribution is -2.12. The summed E-state index contributed by atoms with van der Waals surface area (Å²) >= 11 is 12.3. The molecule has 1 aromatic rings. The molecule has 0 saturated heterocycles. The highest BCUT2D eigenvalue weighted by molar-refractivity contribution is 6.45. The molecular formula is C15H16Cl2O4. The van der Waals surface area contributed by atoms with E-state index in [1.54, 1.807) is 6.07 Å². The minimum Gasteiger partial charge on any atom is -0.480 e. The van der Waals surface area contributed by atoms with Crippen molar-refractivity contribution in [2.45, 2.75) is 26.7 Å². The fourth-order valence-electron chi connectivity index (χ4n) is 2.65. The molecule has 1 atom stereocenters. The average molecular weight is 331 g/mol. The summed E-state index contributed by atoms with van der Waals surface area (Å²) in [5.41, 5.74) is 1.23. The Morgan fingerprint density at radius 3 is 2.67 bits per heavy atom. The second-order valence-corrected chi connectivity index (χ2v) is 6.37. The molecule has 114 valence electrons. The van der Waals surface area contributed by atoms with Gasteiger partial charge in [-0.1, -0.05) is 37.0 Å². The predicted octanol–water partition coefficient (Wildman–Crippen LogP) is 3.86. The number of carboxylic acids is 1. The Kier molecular flexibility index (Phi) is 4.79. The molecule has 1 aliphatic carbocycles. The minimum absolute atomic E-state index is 0.00962. The van der Waals surface area contributed by atoms with Crippen LogP contribution in [0.3, 0.4) is 0 Å². The van der Waals surface area contributed by atoms with Crippen molar-refractivity contribution < 1.29 is 19.4 Å². The first-order valence-electron chi connectivity index (χ1n) is 6.71. The molecule has 0 heterocycles. The van der Waals surface area contributed by atoms with Crippen LogP contribution in [0.25, 0.3) is 0 Å². The fourth-order valence-corrected chi connectivity index (χ4v) is 3.16. The lowest BCUT2D eigenvalue weighted by atomic mass is 9.94. The molecule has 0 aliphatic heterocycles.